The van der Waals surface area contributed by atoms with Crippen LogP contribution in [0.2, 0.25) is 5.02 Å². The van der Waals surface area contributed by atoms with E-state index >= 15 is 0 Å². The Morgan fingerprint density at radius 2 is 2.05 bits per heavy atom. The molecule has 5 nitrogen and oxygen atoms in total. The van der Waals surface area contributed by atoms with Crippen LogP contribution < -0.4 is 5.73 Å². The number of tetrazole rings is 1. The summed E-state index contributed by atoms with van der Waals surface area (Å²) in [4.78, 5) is 0. The molecule has 21 heavy (non-hydrogen) atoms. The van der Waals surface area contributed by atoms with Gasteiger partial charge in [0.1, 0.15) is 5.82 Å². The fourth-order valence-electron chi connectivity index (χ4n) is 2.03. The fourth-order valence-corrected chi connectivity index (χ4v) is 2.24. The first-order chi connectivity index (χ1) is 10.1. The van der Waals surface area contributed by atoms with Crippen LogP contribution in [0.15, 0.2) is 42.5 Å². The molecule has 0 atom stereocenters. The Morgan fingerprint density at radius 1 is 1.19 bits per heavy atom. The molecule has 0 aliphatic heterocycles. The van der Waals surface area contributed by atoms with E-state index in [4.69, 9.17) is 17.3 Å². The van der Waals surface area contributed by atoms with Crippen molar-refractivity contribution in [3.8, 4) is 11.4 Å². The van der Waals surface area contributed by atoms with E-state index in [0.717, 1.165) is 5.56 Å². The highest BCUT2D eigenvalue weighted by atomic mass is 35.5. The van der Waals surface area contributed by atoms with Gasteiger partial charge in [-0.05, 0) is 46.3 Å². The second-order valence-corrected chi connectivity index (χ2v) is 4.97. The Labute approximate surface area is 125 Å². The molecule has 0 fully saturated rings. The quantitative estimate of drug-likeness (QED) is 0.755. The van der Waals surface area contributed by atoms with Crippen molar-refractivity contribution in [2.45, 2.75) is 6.54 Å². The number of aromatic nitrogens is 4. The number of anilines is 1. The maximum absolute atomic E-state index is 13.9. The van der Waals surface area contributed by atoms with Crippen molar-refractivity contribution in [3.05, 3.63) is 58.9 Å². The third-order valence-corrected chi connectivity index (χ3v) is 3.22. The van der Waals surface area contributed by atoms with Gasteiger partial charge in [0.05, 0.1) is 12.1 Å². The Bertz CT molecular complexity index is 787. The summed E-state index contributed by atoms with van der Waals surface area (Å²) in [5.74, 6) is -0.105. The zero-order chi connectivity index (χ0) is 14.8. The molecule has 3 aromatic rings. The number of nitrogens with zero attached hydrogens (tertiary/aromatic N) is 4. The first-order valence-electron chi connectivity index (χ1n) is 6.19. The fraction of sp³-hybridized carbons (Fsp3) is 0.0714. The molecule has 0 saturated carbocycles. The molecule has 0 spiro atoms. The number of halogens is 2. The molecule has 7 heteroatoms. The van der Waals surface area contributed by atoms with Crippen LogP contribution in [0, 0.1) is 5.82 Å². The predicted molar refractivity (Wildman–Crippen MR) is 78.2 cm³/mol. The Morgan fingerprint density at radius 3 is 2.86 bits per heavy atom. The van der Waals surface area contributed by atoms with Gasteiger partial charge in [-0.2, -0.15) is 0 Å². The molecular weight excluding hydrogens is 293 g/mol. The van der Waals surface area contributed by atoms with Crippen molar-refractivity contribution in [3.63, 3.8) is 0 Å². The number of benzene rings is 2. The highest BCUT2D eigenvalue weighted by Gasteiger charge is 2.14. The van der Waals surface area contributed by atoms with Crippen molar-refractivity contribution >= 4 is 17.3 Å². The third-order valence-electron chi connectivity index (χ3n) is 2.98. The second kappa shape index (κ2) is 5.49. The summed E-state index contributed by atoms with van der Waals surface area (Å²) in [6.45, 7) is 0.386. The van der Waals surface area contributed by atoms with E-state index in [9.17, 15) is 4.39 Å². The van der Waals surface area contributed by atoms with E-state index < -0.39 is 5.82 Å². The second-order valence-electron chi connectivity index (χ2n) is 4.53. The van der Waals surface area contributed by atoms with E-state index in [1.807, 2.05) is 18.2 Å². The molecular formula is C14H11ClFN5. The highest BCUT2D eigenvalue weighted by Crippen LogP contribution is 2.23. The minimum absolute atomic E-state index is 0.266. The van der Waals surface area contributed by atoms with Crippen LogP contribution in [0.25, 0.3) is 11.4 Å². The van der Waals surface area contributed by atoms with Gasteiger partial charge in [0.15, 0.2) is 5.82 Å². The topological polar surface area (TPSA) is 69.6 Å². The first-order valence-corrected chi connectivity index (χ1v) is 6.57. The molecule has 106 valence electrons. The number of rotatable bonds is 3. The van der Waals surface area contributed by atoms with Crippen molar-refractivity contribution in [1.29, 1.82) is 0 Å². The summed E-state index contributed by atoms with van der Waals surface area (Å²) >= 11 is 5.95. The van der Waals surface area contributed by atoms with Gasteiger partial charge in [-0.3, -0.25) is 0 Å². The molecule has 2 aromatic carbocycles. The zero-order valence-electron chi connectivity index (χ0n) is 10.9. The molecule has 0 amide bonds. The summed E-state index contributed by atoms with van der Waals surface area (Å²) < 4.78 is 15.4. The Balaban J connectivity index is 1.99. The van der Waals surface area contributed by atoms with Crippen molar-refractivity contribution < 1.29 is 4.39 Å². The van der Waals surface area contributed by atoms with E-state index in [0.29, 0.717) is 23.1 Å². The number of hydrogen-bond donors (Lipinski definition) is 1. The third kappa shape index (κ3) is 2.85. The van der Waals surface area contributed by atoms with Gasteiger partial charge >= 0.3 is 0 Å². The number of nitrogens with two attached hydrogens (primary N) is 1. The van der Waals surface area contributed by atoms with Gasteiger partial charge in [-0.1, -0.05) is 23.7 Å². The van der Waals surface area contributed by atoms with Gasteiger partial charge in [0.25, 0.3) is 0 Å². The first kappa shape index (κ1) is 13.5. The lowest BCUT2D eigenvalue weighted by Gasteiger charge is -2.07. The van der Waals surface area contributed by atoms with E-state index in [1.165, 1.54) is 22.9 Å². The largest absolute Gasteiger partial charge is 0.399 e. The average Bonchev–Trinajstić information content (AvgIpc) is 2.89. The van der Waals surface area contributed by atoms with E-state index in [1.54, 1.807) is 6.07 Å². The molecule has 1 heterocycles. The summed E-state index contributed by atoms with van der Waals surface area (Å²) in [6, 6.07) is 11.6. The van der Waals surface area contributed by atoms with E-state index in [2.05, 4.69) is 15.5 Å². The highest BCUT2D eigenvalue weighted by molar-refractivity contribution is 6.30. The summed E-state index contributed by atoms with van der Waals surface area (Å²) in [6.07, 6.45) is 0. The molecule has 1 aromatic heterocycles. The summed E-state index contributed by atoms with van der Waals surface area (Å²) in [5.41, 5.74) is 7.32. The van der Waals surface area contributed by atoms with Gasteiger partial charge in [-0.15, -0.1) is 5.10 Å². The molecule has 0 saturated heterocycles. The van der Waals surface area contributed by atoms with Crippen LogP contribution in [0.5, 0.6) is 0 Å². The van der Waals surface area contributed by atoms with Crippen LogP contribution in [0.1, 0.15) is 5.56 Å². The standard InChI is InChI=1S/C14H11ClFN5/c15-10-3-1-2-9(6-10)8-21-14(18-19-20-21)12-7-11(17)4-5-13(12)16/h1-7H,8,17H2. The van der Waals surface area contributed by atoms with Gasteiger partial charge in [0.2, 0.25) is 0 Å². The summed E-state index contributed by atoms with van der Waals surface area (Å²) in [5, 5.41) is 12.0. The Hall–Kier alpha value is -2.47. The predicted octanol–water partition coefficient (Wildman–Crippen LogP) is 2.76. The summed E-state index contributed by atoms with van der Waals surface area (Å²) in [7, 11) is 0. The smallest absolute Gasteiger partial charge is 0.185 e. The average molecular weight is 304 g/mol. The van der Waals surface area contributed by atoms with Crippen LogP contribution in [0.4, 0.5) is 10.1 Å². The monoisotopic (exact) mass is 303 g/mol. The molecule has 0 aliphatic rings. The van der Waals surface area contributed by atoms with Crippen molar-refractivity contribution in [1.82, 2.24) is 20.2 Å². The van der Waals surface area contributed by atoms with Crippen LogP contribution in [-0.4, -0.2) is 20.2 Å². The Kier molecular flexibility index (Phi) is 3.53. The lowest BCUT2D eigenvalue weighted by molar-refractivity contribution is 0.621. The molecule has 0 radical (unpaired) electrons. The normalized spacial score (nSPS) is 10.8. The zero-order valence-corrected chi connectivity index (χ0v) is 11.6. The SMILES string of the molecule is Nc1ccc(F)c(-c2nnnn2Cc2cccc(Cl)c2)c1. The molecule has 0 bridgehead atoms. The number of nitrogen functional groups attached to an aromatic ring is 1. The maximum atomic E-state index is 13.9. The van der Waals surface area contributed by atoms with Gasteiger partial charge in [0, 0.05) is 10.7 Å². The van der Waals surface area contributed by atoms with Crippen LogP contribution >= 0.6 is 11.6 Å². The molecule has 3 rings (SSSR count). The number of hydrogen-bond acceptors (Lipinski definition) is 4. The van der Waals surface area contributed by atoms with Crippen LogP contribution in [-0.2, 0) is 6.54 Å². The minimum Gasteiger partial charge on any atom is -0.399 e. The van der Waals surface area contributed by atoms with E-state index in [-0.39, 0.29) is 5.56 Å². The minimum atomic E-state index is -0.425. The molecule has 2 N–H and O–H groups in total. The lowest BCUT2D eigenvalue weighted by Crippen LogP contribution is -2.05. The van der Waals surface area contributed by atoms with Crippen molar-refractivity contribution in [2.75, 3.05) is 5.73 Å². The van der Waals surface area contributed by atoms with Gasteiger partial charge < -0.3 is 5.73 Å². The lowest BCUT2D eigenvalue weighted by atomic mass is 10.1. The molecule has 0 unspecified atom stereocenters. The van der Waals surface area contributed by atoms with Crippen molar-refractivity contribution in [2.24, 2.45) is 0 Å². The maximum Gasteiger partial charge on any atom is 0.185 e. The van der Waals surface area contributed by atoms with Gasteiger partial charge in [-0.25, -0.2) is 9.07 Å². The van der Waals surface area contributed by atoms with Crippen LogP contribution in [0.3, 0.4) is 0 Å². The molecule has 0 aliphatic carbocycles.